The highest BCUT2D eigenvalue weighted by Gasteiger charge is 2.25. The minimum atomic E-state index is -1.07. The third-order valence-electron chi connectivity index (χ3n) is 2.33. The number of carboxylic acids is 1. The van der Waals surface area contributed by atoms with Crippen molar-refractivity contribution in [2.75, 3.05) is 0 Å². The van der Waals surface area contributed by atoms with Crippen molar-refractivity contribution in [3.8, 4) is 0 Å². The highest BCUT2D eigenvalue weighted by atomic mass is 16.4. The Kier molecular flexibility index (Phi) is 4.45. The summed E-state index contributed by atoms with van der Waals surface area (Å²) in [5, 5.41) is 8.98. The van der Waals surface area contributed by atoms with Crippen LogP contribution in [0.15, 0.2) is 43.0 Å². The van der Waals surface area contributed by atoms with Crippen molar-refractivity contribution in [2.45, 2.75) is 12.8 Å². The molecule has 0 aliphatic heterocycles. The topological polar surface area (TPSA) is 54.4 Å². The number of carbonyl (C=O) groups excluding carboxylic acids is 1. The van der Waals surface area contributed by atoms with Gasteiger partial charge in [-0.2, -0.15) is 0 Å². The summed E-state index contributed by atoms with van der Waals surface area (Å²) >= 11 is 0. The molecule has 0 fully saturated rings. The van der Waals surface area contributed by atoms with Crippen molar-refractivity contribution in [1.82, 2.24) is 0 Å². The summed E-state index contributed by atoms with van der Waals surface area (Å²) < 4.78 is 0. The molecular formula is C13H14O3. The molecule has 1 atom stereocenters. The van der Waals surface area contributed by atoms with Gasteiger partial charge in [-0.3, -0.25) is 9.59 Å². The smallest absolute Gasteiger partial charge is 0.314 e. The number of aliphatic carboxylic acids is 1. The summed E-state index contributed by atoms with van der Waals surface area (Å²) in [5.74, 6) is -2.38. The molecule has 1 N–H and O–H groups in total. The fraction of sp³-hybridized carbons (Fsp3) is 0.231. The zero-order chi connectivity index (χ0) is 12.0. The van der Waals surface area contributed by atoms with Gasteiger partial charge in [-0.05, 0) is 12.8 Å². The Bertz CT molecular complexity index is 381. The van der Waals surface area contributed by atoms with Gasteiger partial charge in [0.2, 0.25) is 0 Å². The van der Waals surface area contributed by atoms with E-state index in [0.29, 0.717) is 18.4 Å². The van der Waals surface area contributed by atoms with Gasteiger partial charge in [-0.15, -0.1) is 6.58 Å². The van der Waals surface area contributed by atoms with Crippen molar-refractivity contribution in [2.24, 2.45) is 5.92 Å². The first kappa shape index (κ1) is 12.2. The number of ketones is 1. The maximum Gasteiger partial charge on any atom is 0.314 e. The molecule has 1 unspecified atom stereocenters. The maximum atomic E-state index is 11.9. The predicted octanol–water partition coefficient (Wildman–Crippen LogP) is 2.54. The summed E-state index contributed by atoms with van der Waals surface area (Å²) in [4.78, 5) is 22.8. The first-order valence-corrected chi connectivity index (χ1v) is 5.09. The van der Waals surface area contributed by atoms with E-state index in [1.165, 1.54) is 0 Å². The van der Waals surface area contributed by atoms with Gasteiger partial charge < -0.3 is 5.11 Å². The van der Waals surface area contributed by atoms with Crippen LogP contribution >= 0.6 is 0 Å². The molecule has 16 heavy (non-hydrogen) atoms. The zero-order valence-electron chi connectivity index (χ0n) is 8.93. The van der Waals surface area contributed by atoms with Crippen LogP contribution in [0.25, 0.3) is 0 Å². The number of hydrogen-bond donors (Lipinski definition) is 1. The monoisotopic (exact) mass is 218 g/mol. The van der Waals surface area contributed by atoms with Crippen molar-refractivity contribution in [1.29, 1.82) is 0 Å². The van der Waals surface area contributed by atoms with Gasteiger partial charge in [0.1, 0.15) is 5.92 Å². The van der Waals surface area contributed by atoms with Crippen molar-refractivity contribution >= 4 is 11.8 Å². The summed E-state index contributed by atoms with van der Waals surface area (Å²) in [6, 6.07) is 8.49. The molecule has 0 aromatic heterocycles. The zero-order valence-corrected chi connectivity index (χ0v) is 8.93. The quantitative estimate of drug-likeness (QED) is 0.453. The van der Waals surface area contributed by atoms with E-state index in [1.807, 2.05) is 0 Å². The molecule has 0 saturated carbocycles. The number of rotatable bonds is 6. The lowest BCUT2D eigenvalue weighted by molar-refractivity contribution is -0.140. The molecule has 0 aliphatic carbocycles. The van der Waals surface area contributed by atoms with E-state index < -0.39 is 11.9 Å². The SMILES string of the molecule is C=CCCC(C(=O)O)C(=O)c1ccccc1. The minimum Gasteiger partial charge on any atom is -0.481 e. The molecule has 0 aliphatic rings. The van der Waals surface area contributed by atoms with Crippen LogP contribution in [0.1, 0.15) is 23.2 Å². The van der Waals surface area contributed by atoms with E-state index in [-0.39, 0.29) is 5.78 Å². The highest BCUT2D eigenvalue weighted by molar-refractivity contribution is 6.08. The standard InChI is InChI=1S/C13H14O3/c1-2-3-9-11(13(15)16)12(14)10-7-5-4-6-8-10/h2,4-8,11H,1,3,9H2,(H,15,16). The van der Waals surface area contributed by atoms with E-state index >= 15 is 0 Å². The summed E-state index contributed by atoms with van der Waals surface area (Å²) in [6.45, 7) is 3.52. The largest absolute Gasteiger partial charge is 0.481 e. The van der Waals surface area contributed by atoms with Gasteiger partial charge in [0, 0.05) is 5.56 Å². The first-order valence-electron chi connectivity index (χ1n) is 5.09. The van der Waals surface area contributed by atoms with Crippen molar-refractivity contribution < 1.29 is 14.7 Å². The Morgan fingerprint density at radius 1 is 1.31 bits per heavy atom. The Balaban J connectivity index is 2.83. The van der Waals surface area contributed by atoms with E-state index in [4.69, 9.17) is 5.11 Å². The van der Waals surface area contributed by atoms with Crippen LogP contribution < -0.4 is 0 Å². The number of Topliss-reactive ketones (excluding diaryl/α,β-unsaturated/α-hetero) is 1. The lowest BCUT2D eigenvalue weighted by Gasteiger charge is -2.09. The molecule has 1 rings (SSSR count). The molecule has 0 saturated heterocycles. The molecule has 84 valence electrons. The normalized spacial score (nSPS) is 11.8. The van der Waals surface area contributed by atoms with Gasteiger partial charge in [0.05, 0.1) is 0 Å². The highest BCUT2D eigenvalue weighted by Crippen LogP contribution is 2.15. The molecule has 0 amide bonds. The number of allylic oxidation sites excluding steroid dienone is 1. The van der Waals surface area contributed by atoms with E-state index in [2.05, 4.69) is 6.58 Å². The number of benzene rings is 1. The van der Waals surface area contributed by atoms with Crippen molar-refractivity contribution in [3.05, 3.63) is 48.6 Å². The van der Waals surface area contributed by atoms with Gasteiger partial charge in [-0.25, -0.2) is 0 Å². The molecule has 0 radical (unpaired) electrons. The van der Waals surface area contributed by atoms with Gasteiger partial charge in [0.15, 0.2) is 5.78 Å². The lowest BCUT2D eigenvalue weighted by atomic mass is 9.93. The van der Waals surface area contributed by atoms with Crippen molar-refractivity contribution in [3.63, 3.8) is 0 Å². The second-order valence-electron chi connectivity index (χ2n) is 3.49. The van der Waals surface area contributed by atoms with E-state index in [9.17, 15) is 9.59 Å². The molecule has 1 aromatic rings. The molecule has 0 heterocycles. The third-order valence-corrected chi connectivity index (χ3v) is 2.33. The first-order chi connectivity index (χ1) is 7.66. The second-order valence-corrected chi connectivity index (χ2v) is 3.49. The Morgan fingerprint density at radius 3 is 2.44 bits per heavy atom. The third kappa shape index (κ3) is 3.05. The van der Waals surface area contributed by atoms with E-state index in [0.717, 1.165) is 0 Å². The molecular weight excluding hydrogens is 204 g/mol. The Hall–Kier alpha value is -1.90. The van der Waals surface area contributed by atoms with Crippen LogP contribution in [-0.4, -0.2) is 16.9 Å². The molecule has 3 heteroatoms. The summed E-state index contributed by atoms with van der Waals surface area (Å²) in [6.07, 6.45) is 2.44. The van der Waals surface area contributed by atoms with Crippen LogP contribution in [0.5, 0.6) is 0 Å². The fourth-order valence-electron chi connectivity index (χ4n) is 1.45. The van der Waals surface area contributed by atoms with Crippen LogP contribution in [0.2, 0.25) is 0 Å². The number of carbonyl (C=O) groups is 2. The summed E-state index contributed by atoms with van der Waals surface area (Å²) in [7, 11) is 0. The van der Waals surface area contributed by atoms with Crippen LogP contribution in [0.3, 0.4) is 0 Å². The maximum absolute atomic E-state index is 11.9. The Morgan fingerprint density at radius 2 is 1.94 bits per heavy atom. The minimum absolute atomic E-state index is 0.298. The Labute approximate surface area is 94.4 Å². The number of hydrogen-bond acceptors (Lipinski definition) is 2. The molecule has 1 aromatic carbocycles. The molecule has 0 spiro atoms. The van der Waals surface area contributed by atoms with Crippen LogP contribution in [0.4, 0.5) is 0 Å². The summed E-state index contributed by atoms with van der Waals surface area (Å²) in [5.41, 5.74) is 0.443. The lowest BCUT2D eigenvalue weighted by Crippen LogP contribution is -2.23. The molecule has 3 nitrogen and oxygen atoms in total. The van der Waals surface area contributed by atoms with Crippen LogP contribution in [0, 0.1) is 5.92 Å². The van der Waals surface area contributed by atoms with Gasteiger partial charge >= 0.3 is 5.97 Å². The van der Waals surface area contributed by atoms with Gasteiger partial charge in [-0.1, -0.05) is 36.4 Å². The van der Waals surface area contributed by atoms with E-state index in [1.54, 1.807) is 36.4 Å². The number of carboxylic acid groups (broad SMARTS) is 1. The van der Waals surface area contributed by atoms with Gasteiger partial charge in [0.25, 0.3) is 0 Å². The second kappa shape index (κ2) is 5.85. The average molecular weight is 218 g/mol. The fourth-order valence-corrected chi connectivity index (χ4v) is 1.45. The van der Waals surface area contributed by atoms with Crippen LogP contribution in [-0.2, 0) is 4.79 Å². The predicted molar refractivity (Wildman–Crippen MR) is 61.3 cm³/mol. The average Bonchev–Trinajstić information content (AvgIpc) is 2.30. The molecule has 0 bridgehead atoms.